The molecule has 0 saturated carbocycles. The van der Waals surface area contributed by atoms with Gasteiger partial charge in [0.15, 0.2) is 0 Å². The van der Waals surface area contributed by atoms with E-state index in [1.165, 1.54) is 0 Å². The van der Waals surface area contributed by atoms with Gasteiger partial charge >= 0.3 is 0 Å². The van der Waals surface area contributed by atoms with Crippen LogP contribution in [0.15, 0.2) is 34.7 Å². The first-order valence-electron chi connectivity index (χ1n) is 8.48. The summed E-state index contributed by atoms with van der Waals surface area (Å²) in [6.07, 6.45) is 1.78. The summed E-state index contributed by atoms with van der Waals surface area (Å²) in [5.41, 5.74) is 1.76. The van der Waals surface area contributed by atoms with Crippen LogP contribution in [0.1, 0.15) is 29.9 Å². The zero-order chi connectivity index (χ0) is 17.8. The lowest BCUT2D eigenvalue weighted by molar-refractivity contribution is -0.120. The Morgan fingerprint density at radius 1 is 1.36 bits per heavy atom. The molecule has 2 N–H and O–H groups in total. The van der Waals surface area contributed by atoms with Gasteiger partial charge in [0.05, 0.1) is 25.4 Å². The molecule has 1 aromatic heterocycles. The molecule has 6 heteroatoms. The number of aliphatic hydroxyl groups is 1. The van der Waals surface area contributed by atoms with Gasteiger partial charge in [-0.1, -0.05) is 6.07 Å². The quantitative estimate of drug-likeness (QED) is 0.843. The predicted octanol–water partition coefficient (Wildman–Crippen LogP) is 2.69. The van der Waals surface area contributed by atoms with Gasteiger partial charge in [-0.15, -0.1) is 0 Å². The maximum absolute atomic E-state index is 12.8. The van der Waals surface area contributed by atoms with Gasteiger partial charge in [0.2, 0.25) is 5.91 Å². The van der Waals surface area contributed by atoms with E-state index < -0.39 is 0 Å². The number of amides is 1. The number of methoxy groups -OCH3 is 1. The second kappa shape index (κ2) is 7.72. The van der Waals surface area contributed by atoms with Crippen molar-refractivity contribution in [3.05, 3.63) is 47.4 Å². The zero-order valence-corrected chi connectivity index (χ0v) is 14.6. The molecule has 25 heavy (non-hydrogen) atoms. The van der Waals surface area contributed by atoms with E-state index in [1.54, 1.807) is 13.2 Å². The Hall–Kier alpha value is -2.31. The molecule has 0 bridgehead atoms. The molecule has 2 heterocycles. The van der Waals surface area contributed by atoms with Crippen LogP contribution in [0.2, 0.25) is 0 Å². The van der Waals surface area contributed by atoms with Crippen molar-refractivity contribution in [2.75, 3.05) is 19.0 Å². The van der Waals surface area contributed by atoms with E-state index in [4.69, 9.17) is 14.3 Å². The van der Waals surface area contributed by atoms with Crippen molar-refractivity contribution >= 4 is 11.6 Å². The van der Waals surface area contributed by atoms with Gasteiger partial charge in [0, 0.05) is 0 Å². The van der Waals surface area contributed by atoms with Crippen molar-refractivity contribution in [1.29, 1.82) is 0 Å². The number of rotatable bonds is 6. The average Bonchev–Trinajstić information content (AvgIpc) is 3.24. The molecule has 1 saturated heterocycles. The molecule has 0 aliphatic carbocycles. The Labute approximate surface area is 147 Å². The van der Waals surface area contributed by atoms with Crippen LogP contribution >= 0.6 is 0 Å². The van der Waals surface area contributed by atoms with Crippen LogP contribution < -0.4 is 10.1 Å². The van der Waals surface area contributed by atoms with Crippen molar-refractivity contribution in [3.8, 4) is 5.75 Å². The van der Waals surface area contributed by atoms with Crippen molar-refractivity contribution in [3.63, 3.8) is 0 Å². The normalized spacial score (nSPS) is 17.6. The van der Waals surface area contributed by atoms with E-state index in [0.717, 1.165) is 30.7 Å². The number of aryl methyl sites for hydroxylation is 1. The smallest absolute Gasteiger partial charge is 0.241 e. The van der Waals surface area contributed by atoms with Gasteiger partial charge in [-0.2, -0.15) is 0 Å². The summed E-state index contributed by atoms with van der Waals surface area (Å²) in [5, 5.41) is 12.1. The van der Waals surface area contributed by atoms with Gasteiger partial charge in [-0.3, -0.25) is 9.69 Å². The molecule has 1 aromatic carbocycles. The first kappa shape index (κ1) is 17.5. The highest BCUT2D eigenvalue weighted by molar-refractivity contribution is 5.96. The summed E-state index contributed by atoms with van der Waals surface area (Å²) in [4.78, 5) is 14.9. The maximum Gasteiger partial charge on any atom is 0.241 e. The van der Waals surface area contributed by atoms with Crippen LogP contribution in [0.25, 0.3) is 0 Å². The zero-order valence-electron chi connectivity index (χ0n) is 14.6. The number of furan rings is 1. The number of hydrogen-bond acceptors (Lipinski definition) is 5. The van der Waals surface area contributed by atoms with Crippen molar-refractivity contribution < 1.29 is 19.1 Å². The van der Waals surface area contributed by atoms with Crippen molar-refractivity contribution in [2.24, 2.45) is 0 Å². The number of aliphatic hydroxyl groups excluding tert-OH is 1. The average molecular weight is 344 g/mol. The van der Waals surface area contributed by atoms with E-state index >= 15 is 0 Å². The van der Waals surface area contributed by atoms with Crippen molar-refractivity contribution in [2.45, 2.75) is 39.0 Å². The van der Waals surface area contributed by atoms with Gasteiger partial charge in [0.1, 0.15) is 23.9 Å². The minimum atomic E-state index is -0.201. The fourth-order valence-electron chi connectivity index (χ4n) is 3.24. The van der Waals surface area contributed by atoms with Crippen LogP contribution in [0.5, 0.6) is 5.75 Å². The lowest BCUT2D eigenvalue weighted by Gasteiger charge is -2.23. The number of carbonyl (C=O) groups is 1. The summed E-state index contributed by atoms with van der Waals surface area (Å²) < 4.78 is 10.9. The molecule has 2 aromatic rings. The Morgan fingerprint density at radius 2 is 2.16 bits per heavy atom. The molecule has 1 aliphatic rings. The number of carbonyl (C=O) groups excluding carboxylic acids is 1. The number of nitrogens with zero attached hydrogens (tertiary/aromatic N) is 1. The second-order valence-electron chi connectivity index (χ2n) is 6.35. The highest BCUT2D eigenvalue weighted by Gasteiger charge is 2.31. The van der Waals surface area contributed by atoms with Crippen LogP contribution in [0.4, 0.5) is 5.69 Å². The Morgan fingerprint density at radius 3 is 2.88 bits per heavy atom. The molecular weight excluding hydrogens is 320 g/mol. The lowest BCUT2D eigenvalue weighted by Crippen LogP contribution is -2.39. The predicted molar refractivity (Wildman–Crippen MR) is 94.4 cm³/mol. The molecule has 1 amide bonds. The molecule has 134 valence electrons. The van der Waals surface area contributed by atoms with Crippen LogP contribution in [-0.4, -0.2) is 35.6 Å². The Bertz CT molecular complexity index is 741. The van der Waals surface area contributed by atoms with Crippen LogP contribution in [0, 0.1) is 6.92 Å². The molecular formula is C19H24N2O4. The minimum absolute atomic E-state index is 0.0321. The molecule has 1 aliphatic heterocycles. The number of anilines is 1. The summed E-state index contributed by atoms with van der Waals surface area (Å²) >= 11 is 0. The highest BCUT2D eigenvalue weighted by atomic mass is 16.5. The standard InChI is InChI=1S/C19H24N2O4/c1-13-5-8-18(24-2)16(10-13)20-19(23)17-4-3-9-21(17)11-14-6-7-15(12-22)25-14/h5-8,10,17,22H,3-4,9,11-12H2,1-2H3,(H,20,23). The second-order valence-corrected chi connectivity index (χ2v) is 6.35. The molecule has 1 unspecified atom stereocenters. The molecule has 3 rings (SSSR count). The number of nitrogens with one attached hydrogen (secondary N) is 1. The molecule has 6 nitrogen and oxygen atoms in total. The summed E-state index contributed by atoms with van der Waals surface area (Å²) in [7, 11) is 1.60. The van der Waals surface area contributed by atoms with Crippen molar-refractivity contribution in [1.82, 2.24) is 4.90 Å². The SMILES string of the molecule is COc1ccc(C)cc1NC(=O)C1CCCN1Cc1ccc(CO)o1. The van der Waals surface area contributed by atoms with E-state index in [1.807, 2.05) is 31.2 Å². The number of likely N-dealkylation sites (tertiary alicyclic amines) is 1. The van der Waals surface area contributed by atoms with Gasteiger partial charge in [0.25, 0.3) is 0 Å². The monoisotopic (exact) mass is 344 g/mol. The molecule has 0 spiro atoms. The van der Waals surface area contributed by atoms with E-state index in [-0.39, 0.29) is 18.6 Å². The number of hydrogen-bond donors (Lipinski definition) is 2. The largest absolute Gasteiger partial charge is 0.495 e. The third kappa shape index (κ3) is 4.03. The molecule has 0 radical (unpaired) electrons. The van der Waals surface area contributed by atoms with Crippen LogP contribution in [0.3, 0.4) is 0 Å². The maximum atomic E-state index is 12.8. The summed E-state index contributed by atoms with van der Waals surface area (Å²) in [6, 6.07) is 9.13. The fraction of sp³-hybridized carbons (Fsp3) is 0.421. The Kier molecular flexibility index (Phi) is 5.40. The number of benzene rings is 1. The van der Waals surface area contributed by atoms with E-state index in [2.05, 4.69) is 10.2 Å². The third-order valence-electron chi connectivity index (χ3n) is 4.51. The summed E-state index contributed by atoms with van der Waals surface area (Å²) in [6.45, 7) is 3.27. The number of ether oxygens (including phenoxy) is 1. The minimum Gasteiger partial charge on any atom is -0.495 e. The van der Waals surface area contributed by atoms with E-state index in [9.17, 15) is 4.79 Å². The molecule has 1 atom stereocenters. The topological polar surface area (TPSA) is 74.9 Å². The van der Waals surface area contributed by atoms with Gasteiger partial charge in [-0.05, 0) is 56.1 Å². The van der Waals surface area contributed by atoms with Gasteiger partial charge < -0.3 is 19.6 Å². The highest BCUT2D eigenvalue weighted by Crippen LogP contribution is 2.27. The Balaban J connectivity index is 1.69. The van der Waals surface area contributed by atoms with Gasteiger partial charge in [-0.25, -0.2) is 0 Å². The van der Waals surface area contributed by atoms with E-state index in [0.29, 0.717) is 23.7 Å². The first-order chi connectivity index (χ1) is 12.1. The third-order valence-corrected chi connectivity index (χ3v) is 4.51. The van der Waals surface area contributed by atoms with Crippen LogP contribution in [-0.2, 0) is 17.9 Å². The summed E-state index contributed by atoms with van der Waals surface area (Å²) in [5.74, 6) is 1.93. The lowest BCUT2D eigenvalue weighted by atomic mass is 10.1. The first-order valence-corrected chi connectivity index (χ1v) is 8.48. The molecule has 1 fully saturated rings. The fourth-order valence-corrected chi connectivity index (χ4v) is 3.24.